The van der Waals surface area contributed by atoms with E-state index in [0.717, 1.165) is 58.4 Å². The van der Waals surface area contributed by atoms with Crippen LogP contribution >= 0.6 is 0 Å². The summed E-state index contributed by atoms with van der Waals surface area (Å²) >= 11 is 0. The SMILES string of the molecule is C=CC(C)(C)N(C(C)(C)C=C)C(C)(C)C=C.C=CC(C)(C)N(C(C)(C)C=C)C(C)(C)C=C.C=CC(C)N(C(C)C=C)C(C)C=C.C=CCN(CC=C)CC=C.C=CCN(CC=C)CC=C.C=CCNCC=C.C=CCOC(=O)C(=C)C.C=CCOC(=O)C=C.C=CCOCC=C. The van der Waals surface area contributed by atoms with Gasteiger partial charge in [-0.2, -0.15) is 0 Å². The van der Waals surface area contributed by atoms with Gasteiger partial charge in [0, 0.05) is 115 Å². The van der Waals surface area contributed by atoms with Gasteiger partial charge < -0.3 is 19.5 Å². The predicted octanol–water partition coefficient (Wildman–Crippen LogP) is 19.6. The fourth-order valence-electron chi connectivity index (χ4n) is 9.00. The van der Waals surface area contributed by atoms with E-state index >= 15 is 0 Å². The van der Waals surface area contributed by atoms with Gasteiger partial charge in [0.1, 0.15) is 13.2 Å². The first-order valence-electron chi connectivity index (χ1n) is 32.4. The number of hydrogen-bond acceptors (Lipinski definition) is 11. The quantitative estimate of drug-likeness (QED) is 0.0274. The Morgan fingerprint density at radius 1 is 0.365 bits per heavy atom. The third kappa shape index (κ3) is 58.1. The van der Waals surface area contributed by atoms with Gasteiger partial charge in [-0.05, 0) is 111 Å². The Labute approximate surface area is 594 Å². The van der Waals surface area contributed by atoms with Gasteiger partial charge in [-0.25, -0.2) is 9.59 Å². The zero-order valence-corrected chi connectivity index (χ0v) is 64.5. The summed E-state index contributed by atoms with van der Waals surface area (Å²) in [7, 11) is 0. The molecule has 0 amide bonds. The number of esters is 2. The van der Waals surface area contributed by atoms with Crippen LogP contribution in [0.25, 0.3) is 0 Å². The normalized spacial score (nSPS) is 11.4. The number of rotatable bonds is 44. The van der Waals surface area contributed by atoms with Gasteiger partial charge in [-0.3, -0.25) is 24.5 Å². The summed E-state index contributed by atoms with van der Waals surface area (Å²) in [5.41, 5.74) is -0.280. The standard InChI is InChI=1S/2C15H27N.C12H21N.2C9H15N.C7H10O2.C6H11N.C6H8O2.C6H10O/c2*1-10-13(4,5)16(14(6,7)11-2)15(8,9)12-3;1-7-10(4)13(11(5)8-2)12(6)9-3;2*1-4-7-10(8-5-2)9-6-3;1-4-5-9-7(8)6(2)3;1-3-5-7-6-4-2;1-3-5-8-6(7)4-2;1-3-5-7-6-4-2/h2*10-12H,1-3H2,4-9H3;7-12H,1-3H2,4-6H3;2*4-6H,1-3,7-9H2;4H,1-2,5H2,3H3;3-4,7H,1-2,5-6H2;3-4H,1-2,5H2;3-4H,1-2,5-6H2. The molecule has 0 rings (SSSR count). The van der Waals surface area contributed by atoms with Crippen molar-refractivity contribution < 1.29 is 23.8 Å². The Kier molecular flexibility index (Phi) is 74.2. The van der Waals surface area contributed by atoms with E-state index in [-0.39, 0.29) is 52.4 Å². The third-order valence-electron chi connectivity index (χ3n) is 13.5. The molecule has 0 aliphatic rings. The molecule has 0 aliphatic heterocycles. The van der Waals surface area contributed by atoms with Gasteiger partial charge in [0.15, 0.2) is 0 Å². The van der Waals surface area contributed by atoms with Gasteiger partial charge >= 0.3 is 11.9 Å². The maximum Gasteiger partial charge on any atom is 0.333 e. The highest BCUT2D eigenvalue weighted by atomic mass is 16.5. The molecule has 3 atom stereocenters. The molecule has 96 heavy (non-hydrogen) atoms. The maximum absolute atomic E-state index is 10.5. The Hall–Kier alpha value is -7.32. The fraction of sp³-hybridized carbons (Fsp3) is 0.435. The van der Waals surface area contributed by atoms with Gasteiger partial charge in [-0.1, -0.05) is 154 Å². The summed E-state index contributed by atoms with van der Waals surface area (Å²) in [4.78, 5) is 32.2. The van der Waals surface area contributed by atoms with Gasteiger partial charge in [0.25, 0.3) is 0 Å². The highest BCUT2D eigenvalue weighted by molar-refractivity contribution is 5.87. The molecule has 0 spiro atoms. The summed E-state index contributed by atoms with van der Waals surface area (Å²) in [5.74, 6) is -0.778. The van der Waals surface area contributed by atoms with Crippen LogP contribution in [0.2, 0.25) is 0 Å². The number of carbonyl (C=O) groups is 2. The van der Waals surface area contributed by atoms with E-state index in [1.807, 2.05) is 103 Å². The lowest BCUT2D eigenvalue weighted by Gasteiger charge is -2.54. The first-order valence-corrected chi connectivity index (χ1v) is 32.4. The summed E-state index contributed by atoms with van der Waals surface area (Å²) in [6.07, 6.45) is 40.2. The molecular formula is C85H144N6O5. The van der Waals surface area contributed by atoms with Crippen LogP contribution < -0.4 is 5.32 Å². The molecule has 11 heteroatoms. The van der Waals surface area contributed by atoms with Crippen molar-refractivity contribution in [3.63, 3.8) is 0 Å². The van der Waals surface area contributed by atoms with E-state index in [2.05, 4.69) is 294 Å². The lowest BCUT2D eigenvalue weighted by atomic mass is 9.85. The lowest BCUT2D eigenvalue weighted by Crippen LogP contribution is -2.62. The second kappa shape index (κ2) is 66.3. The Morgan fingerprint density at radius 2 is 0.594 bits per heavy atom. The lowest BCUT2D eigenvalue weighted by molar-refractivity contribution is -0.138. The van der Waals surface area contributed by atoms with Crippen molar-refractivity contribution in [2.24, 2.45) is 0 Å². The molecular weight excluding hydrogens is 1180 g/mol. The van der Waals surface area contributed by atoms with Crippen LogP contribution in [0.5, 0.6) is 0 Å². The fourth-order valence-corrected chi connectivity index (χ4v) is 9.00. The van der Waals surface area contributed by atoms with E-state index in [0.29, 0.717) is 36.9 Å². The summed E-state index contributed by atoms with van der Waals surface area (Å²) in [6, 6.07) is 1.04. The van der Waals surface area contributed by atoms with Crippen molar-refractivity contribution in [1.82, 2.24) is 29.8 Å². The van der Waals surface area contributed by atoms with Gasteiger partial charge in [0.2, 0.25) is 0 Å². The van der Waals surface area contributed by atoms with Crippen molar-refractivity contribution in [1.29, 1.82) is 0 Å². The molecule has 0 aromatic heterocycles. The number of ether oxygens (including phenoxy) is 3. The van der Waals surface area contributed by atoms with Crippen LogP contribution in [-0.2, 0) is 23.8 Å². The van der Waals surface area contributed by atoms with Crippen LogP contribution in [0.15, 0.2) is 291 Å². The summed E-state index contributed by atoms with van der Waals surface area (Å²) < 4.78 is 14.0. The topological polar surface area (TPSA) is 90.1 Å². The minimum absolute atomic E-state index is 0.116. The van der Waals surface area contributed by atoms with Crippen molar-refractivity contribution in [2.45, 2.75) is 162 Å². The van der Waals surface area contributed by atoms with Gasteiger partial charge in [-0.15, -0.1) is 125 Å². The molecule has 544 valence electrons. The molecule has 0 aromatic carbocycles. The third-order valence-corrected chi connectivity index (χ3v) is 13.5. The predicted molar refractivity (Wildman–Crippen MR) is 436 cm³/mol. The Bertz CT molecular complexity index is 2020. The average Bonchev–Trinajstić information content (AvgIpc) is 0.787. The van der Waals surface area contributed by atoms with E-state index in [1.54, 1.807) is 19.1 Å². The molecule has 11 nitrogen and oxygen atoms in total. The average molecular weight is 1330 g/mol. The van der Waals surface area contributed by atoms with Gasteiger partial charge in [0.05, 0.1) is 13.2 Å². The molecule has 1 N–H and O–H groups in total. The first kappa shape index (κ1) is 107. The largest absolute Gasteiger partial charge is 0.458 e. The smallest absolute Gasteiger partial charge is 0.333 e. The van der Waals surface area contributed by atoms with E-state index < -0.39 is 5.97 Å². The van der Waals surface area contributed by atoms with Crippen LogP contribution in [0, 0.1) is 0 Å². The zero-order chi connectivity index (χ0) is 77.2. The molecule has 0 heterocycles. The van der Waals surface area contributed by atoms with Crippen molar-refractivity contribution in [3.8, 4) is 0 Å². The maximum atomic E-state index is 10.5. The molecule has 0 saturated carbocycles. The summed E-state index contributed by atoms with van der Waals surface area (Å²) in [6.45, 7) is 127. The number of carbonyl (C=O) groups excluding carboxylic acids is 2. The highest BCUT2D eigenvalue weighted by Gasteiger charge is 2.43. The number of hydrogen-bond donors (Lipinski definition) is 1. The first-order chi connectivity index (χ1) is 44.7. The van der Waals surface area contributed by atoms with E-state index in [1.165, 1.54) is 12.2 Å². The monoisotopic (exact) mass is 1330 g/mol. The minimum atomic E-state index is -0.412. The number of nitrogens with one attached hydrogen (secondary N) is 1. The Balaban J connectivity index is -0.000000129. The van der Waals surface area contributed by atoms with Crippen LogP contribution in [-0.4, -0.2) is 167 Å². The number of nitrogens with zero attached hydrogens (tertiary/aromatic N) is 5. The van der Waals surface area contributed by atoms with E-state index in [9.17, 15) is 9.59 Å². The second-order valence-electron chi connectivity index (χ2n) is 24.5. The molecule has 0 aromatic rings. The van der Waals surface area contributed by atoms with E-state index in [4.69, 9.17) is 4.74 Å². The van der Waals surface area contributed by atoms with Crippen molar-refractivity contribution >= 4 is 11.9 Å². The molecule has 0 bridgehead atoms. The van der Waals surface area contributed by atoms with Crippen molar-refractivity contribution in [3.05, 3.63) is 291 Å². The molecule has 0 saturated heterocycles. The van der Waals surface area contributed by atoms with Crippen LogP contribution in [0.3, 0.4) is 0 Å². The Morgan fingerprint density at radius 3 is 0.760 bits per heavy atom. The van der Waals surface area contributed by atoms with Crippen LogP contribution in [0.4, 0.5) is 0 Å². The van der Waals surface area contributed by atoms with Crippen molar-refractivity contribution in [2.75, 3.05) is 78.8 Å². The summed E-state index contributed by atoms with van der Waals surface area (Å²) in [5, 5.41) is 3.05. The molecule has 0 aliphatic carbocycles. The highest BCUT2D eigenvalue weighted by Crippen LogP contribution is 2.37. The van der Waals surface area contributed by atoms with Crippen LogP contribution in [0.1, 0.15) is 111 Å². The zero-order valence-electron chi connectivity index (χ0n) is 64.5. The molecule has 0 radical (unpaired) electrons. The second-order valence-corrected chi connectivity index (χ2v) is 24.5. The molecule has 0 fully saturated rings. The molecule has 3 unspecified atom stereocenters. The minimum Gasteiger partial charge on any atom is -0.458 e.